The van der Waals surface area contributed by atoms with Crippen molar-refractivity contribution in [3.63, 3.8) is 0 Å². The largest absolute Gasteiger partial charge is 0.481 e. The van der Waals surface area contributed by atoms with Gasteiger partial charge in [-0.1, -0.05) is 11.8 Å². The van der Waals surface area contributed by atoms with Crippen molar-refractivity contribution in [1.82, 2.24) is 14.9 Å². The number of rotatable bonds is 5. The first-order chi connectivity index (χ1) is 11.3. The molecule has 0 radical (unpaired) electrons. The van der Waals surface area contributed by atoms with E-state index in [4.69, 9.17) is 0 Å². The molecule has 1 aromatic heterocycles. The lowest BCUT2D eigenvalue weighted by atomic mass is 9.82. The van der Waals surface area contributed by atoms with Gasteiger partial charge in [0.1, 0.15) is 0 Å². The summed E-state index contributed by atoms with van der Waals surface area (Å²) in [5.41, 5.74) is 2.00. The number of carbonyl (C=O) groups excluding carboxylic acids is 1. The number of aliphatic carboxylic acids is 1. The van der Waals surface area contributed by atoms with Crippen LogP contribution in [-0.2, 0) is 16.0 Å². The summed E-state index contributed by atoms with van der Waals surface area (Å²) in [6, 6.07) is 0. The highest BCUT2D eigenvalue weighted by molar-refractivity contribution is 7.98. The van der Waals surface area contributed by atoms with E-state index in [-0.39, 0.29) is 5.91 Å². The molecule has 2 rings (SSSR count). The second kappa shape index (κ2) is 7.51. The lowest BCUT2D eigenvalue weighted by Gasteiger charge is -2.37. The third-order valence-electron chi connectivity index (χ3n) is 4.74. The normalized spacial score (nSPS) is 20.9. The lowest BCUT2D eigenvalue weighted by molar-refractivity contribution is -0.153. The van der Waals surface area contributed by atoms with E-state index in [1.165, 1.54) is 11.8 Å². The van der Waals surface area contributed by atoms with Gasteiger partial charge in [-0.3, -0.25) is 9.59 Å². The van der Waals surface area contributed by atoms with Crippen LogP contribution < -0.4 is 0 Å². The number of thioether (sulfide) groups is 1. The van der Waals surface area contributed by atoms with E-state index >= 15 is 0 Å². The van der Waals surface area contributed by atoms with Gasteiger partial charge in [-0.25, -0.2) is 9.97 Å². The van der Waals surface area contributed by atoms with E-state index in [0.29, 0.717) is 32.4 Å². The minimum absolute atomic E-state index is 0.00918. The first-order valence-electron chi connectivity index (χ1n) is 8.16. The van der Waals surface area contributed by atoms with Crippen LogP contribution in [0.1, 0.15) is 43.1 Å². The minimum atomic E-state index is -0.831. The number of aromatic nitrogens is 2. The van der Waals surface area contributed by atoms with Crippen LogP contribution in [0.15, 0.2) is 5.16 Å². The molecule has 24 heavy (non-hydrogen) atoms. The van der Waals surface area contributed by atoms with Gasteiger partial charge in [0.25, 0.3) is 0 Å². The number of likely N-dealkylation sites (tertiary alicyclic amines) is 1. The molecule has 0 saturated carbocycles. The smallest absolute Gasteiger partial charge is 0.311 e. The highest BCUT2D eigenvalue weighted by atomic mass is 32.2. The Labute approximate surface area is 147 Å². The van der Waals surface area contributed by atoms with Crippen LogP contribution in [-0.4, -0.2) is 51.2 Å². The van der Waals surface area contributed by atoms with Gasteiger partial charge in [0, 0.05) is 30.9 Å². The molecule has 0 aliphatic carbocycles. The lowest BCUT2D eigenvalue weighted by Crippen LogP contribution is -2.48. The third kappa shape index (κ3) is 4.06. The van der Waals surface area contributed by atoms with Gasteiger partial charge in [0.2, 0.25) is 5.91 Å². The van der Waals surface area contributed by atoms with E-state index in [0.717, 1.165) is 28.5 Å². The zero-order valence-electron chi connectivity index (χ0n) is 14.8. The summed E-state index contributed by atoms with van der Waals surface area (Å²) >= 11 is 1.50. The molecule has 2 heterocycles. The number of hydrogen-bond donors (Lipinski definition) is 1. The Balaban J connectivity index is 2.02. The highest BCUT2D eigenvalue weighted by Gasteiger charge is 2.39. The molecule has 0 spiro atoms. The molecule has 0 bridgehead atoms. The number of piperidine rings is 1. The van der Waals surface area contributed by atoms with Crippen LogP contribution in [0.5, 0.6) is 0 Å². The Kier molecular flexibility index (Phi) is 5.85. The van der Waals surface area contributed by atoms with Crippen molar-refractivity contribution in [3.8, 4) is 0 Å². The summed E-state index contributed by atoms with van der Waals surface area (Å²) < 4.78 is 0. The van der Waals surface area contributed by atoms with Gasteiger partial charge in [0.15, 0.2) is 5.16 Å². The molecule has 6 nitrogen and oxygen atoms in total. The van der Waals surface area contributed by atoms with Crippen LogP contribution in [0.3, 0.4) is 0 Å². The molecule has 0 aromatic carbocycles. The molecule has 1 aliphatic rings. The molecule has 1 atom stereocenters. The summed E-state index contributed by atoms with van der Waals surface area (Å²) in [5.74, 6) is -0.817. The third-order valence-corrected chi connectivity index (χ3v) is 5.28. The van der Waals surface area contributed by atoms with Crippen molar-refractivity contribution in [2.24, 2.45) is 5.41 Å². The maximum absolute atomic E-state index is 12.5. The molecule has 1 N–H and O–H groups in total. The van der Waals surface area contributed by atoms with Crippen molar-refractivity contribution in [1.29, 1.82) is 0 Å². The van der Waals surface area contributed by atoms with E-state index in [1.54, 1.807) is 11.8 Å². The van der Waals surface area contributed by atoms with E-state index in [9.17, 15) is 14.7 Å². The summed E-state index contributed by atoms with van der Waals surface area (Å²) in [7, 11) is 0. The maximum atomic E-state index is 12.5. The molecule has 1 saturated heterocycles. The van der Waals surface area contributed by atoms with Gasteiger partial charge >= 0.3 is 5.97 Å². The Morgan fingerprint density at radius 2 is 1.92 bits per heavy atom. The summed E-state index contributed by atoms with van der Waals surface area (Å²) in [6.07, 6.45) is 4.24. The summed E-state index contributed by atoms with van der Waals surface area (Å²) in [4.78, 5) is 34.5. The number of amides is 1. The molecule has 1 unspecified atom stereocenters. The number of hydrogen-bond acceptors (Lipinski definition) is 5. The van der Waals surface area contributed by atoms with Gasteiger partial charge in [0.05, 0.1) is 5.41 Å². The zero-order valence-corrected chi connectivity index (χ0v) is 15.6. The fourth-order valence-corrected chi connectivity index (χ4v) is 3.64. The van der Waals surface area contributed by atoms with Crippen molar-refractivity contribution >= 4 is 23.6 Å². The predicted molar refractivity (Wildman–Crippen MR) is 93.2 cm³/mol. The topological polar surface area (TPSA) is 83.4 Å². The summed E-state index contributed by atoms with van der Waals surface area (Å²) in [6.45, 7) is 6.54. The molecular weight excluding hydrogens is 326 g/mol. The Morgan fingerprint density at radius 1 is 1.29 bits per heavy atom. The highest BCUT2D eigenvalue weighted by Crippen LogP contribution is 2.30. The van der Waals surface area contributed by atoms with Crippen LogP contribution in [0, 0.1) is 19.3 Å². The minimum Gasteiger partial charge on any atom is -0.481 e. The number of carbonyl (C=O) groups is 2. The quantitative estimate of drug-likeness (QED) is 0.648. The first-order valence-corrected chi connectivity index (χ1v) is 9.38. The molecule has 1 aliphatic heterocycles. The number of aryl methyl sites for hydroxylation is 2. The molecule has 132 valence electrons. The number of nitrogens with zero attached hydrogens (tertiary/aromatic N) is 3. The Morgan fingerprint density at radius 3 is 2.46 bits per heavy atom. The SMILES string of the molecule is CSc1nc(C)c(CCC(=O)N2CCCC(C)(C(=O)O)C2)c(C)n1. The fraction of sp³-hybridized carbons (Fsp3) is 0.647. The van der Waals surface area contributed by atoms with Crippen LogP contribution >= 0.6 is 11.8 Å². The average molecular weight is 351 g/mol. The Hall–Kier alpha value is -1.63. The predicted octanol–water partition coefficient (Wildman–Crippen LogP) is 2.46. The number of carboxylic acid groups (broad SMARTS) is 1. The average Bonchev–Trinajstić information content (AvgIpc) is 2.53. The summed E-state index contributed by atoms with van der Waals surface area (Å²) in [5, 5.41) is 10.1. The number of carboxylic acids is 1. The van der Waals surface area contributed by atoms with Crippen molar-refractivity contribution in [2.75, 3.05) is 19.3 Å². The van der Waals surface area contributed by atoms with E-state index < -0.39 is 11.4 Å². The van der Waals surface area contributed by atoms with E-state index in [2.05, 4.69) is 9.97 Å². The van der Waals surface area contributed by atoms with E-state index in [1.807, 2.05) is 20.1 Å². The van der Waals surface area contributed by atoms with Crippen LogP contribution in [0.25, 0.3) is 0 Å². The van der Waals surface area contributed by atoms with Crippen molar-refractivity contribution < 1.29 is 14.7 Å². The van der Waals surface area contributed by atoms with Crippen molar-refractivity contribution in [2.45, 2.75) is 51.6 Å². The van der Waals surface area contributed by atoms with Gasteiger partial charge < -0.3 is 10.0 Å². The van der Waals surface area contributed by atoms with Gasteiger partial charge in [-0.05, 0) is 51.9 Å². The second-order valence-electron chi connectivity index (χ2n) is 6.64. The van der Waals surface area contributed by atoms with Gasteiger partial charge in [-0.2, -0.15) is 0 Å². The first kappa shape index (κ1) is 18.7. The van der Waals surface area contributed by atoms with Crippen LogP contribution in [0.4, 0.5) is 0 Å². The van der Waals surface area contributed by atoms with Gasteiger partial charge in [-0.15, -0.1) is 0 Å². The van der Waals surface area contributed by atoms with Crippen molar-refractivity contribution in [3.05, 3.63) is 17.0 Å². The standard InChI is InChI=1S/C17H25N3O3S/c1-11-13(12(2)19-16(18-11)24-4)6-7-14(21)20-9-5-8-17(3,10-20)15(22)23/h5-10H2,1-4H3,(H,22,23). The van der Waals surface area contributed by atoms with Crippen LogP contribution in [0.2, 0.25) is 0 Å². The second-order valence-corrected chi connectivity index (χ2v) is 7.42. The fourth-order valence-electron chi connectivity index (χ4n) is 3.18. The molecule has 1 aromatic rings. The monoisotopic (exact) mass is 351 g/mol. The molecule has 7 heteroatoms. The molecular formula is C17H25N3O3S. The maximum Gasteiger partial charge on any atom is 0.311 e. The molecule has 1 amide bonds. The Bertz CT molecular complexity index is 627. The molecule has 1 fully saturated rings. The zero-order chi connectivity index (χ0) is 17.9.